The van der Waals surface area contributed by atoms with Gasteiger partial charge in [-0.3, -0.25) is 4.79 Å². The van der Waals surface area contributed by atoms with Crippen LogP contribution in [0.4, 0.5) is 4.79 Å². The quantitative estimate of drug-likeness (QED) is 0.247. The van der Waals surface area contributed by atoms with Crippen LogP contribution >= 0.6 is 0 Å². The predicted octanol–water partition coefficient (Wildman–Crippen LogP) is 5.83. The van der Waals surface area contributed by atoms with Gasteiger partial charge >= 0.3 is 0 Å². The van der Waals surface area contributed by atoms with Crippen molar-refractivity contribution in [3.8, 4) is 0 Å². The zero-order valence-electron chi connectivity index (χ0n) is 16.8. The fraction of sp³-hybridized carbons (Fsp3) is 0.950. The van der Waals surface area contributed by atoms with E-state index in [9.17, 15) is 4.79 Å². The molecule has 141 valence electrons. The van der Waals surface area contributed by atoms with Crippen molar-refractivity contribution in [2.45, 2.75) is 103 Å². The summed E-state index contributed by atoms with van der Waals surface area (Å²) in [6, 6.07) is 0. The number of hydrogen-bond donors (Lipinski definition) is 0. The number of hydrogen-bond acceptors (Lipinski definition) is 3. The molecule has 0 bridgehead atoms. The number of carbonyl (C=O) groups excluding carboxylic acids is 1. The summed E-state index contributed by atoms with van der Waals surface area (Å²) in [5.41, 5.74) is 0. The number of carbonyl (C=O) groups is 1. The number of ether oxygens (including phenoxy) is 1. The predicted molar refractivity (Wildman–Crippen MR) is 106 cm³/mol. The van der Waals surface area contributed by atoms with Gasteiger partial charge in [0.1, 0.15) is 0 Å². The Morgan fingerprint density at radius 3 is 1.62 bits per heavy atom. The highest BCUT2D eigenvalue weighted by Crippen LogP contribution is 2.14. The van der Waals surface area contributed by atoms with Crippen molar-refractivity contribution in [2.24, 2.45) is 0 Å². The molecule has 0 saturated carbocycles. The molecule has 0 aromatic rings. The van der Waals surface area contributed by atoms with Crippen LogP contribution in [0.3, 0.4) is 0 Å². The molecule has 24 heavy (non-hydrogen) atoms. The number of methoxy groups -OCH3 is 1. The monoisotopic (exact) mass is 338 g/mol. The van der Waals surface area contributed by atoms with Gasteiger partial charge in [0, 0.05) is 0 Å². The molecule has 4 heteroatoms. The zero-order chi connectivity index (χ0) is 18.0. The highest BCUT2D eigenvalue weighted by Gasteiger charge is 2.18. The maximum Gasteiger partial charge on any atom is 0.282 e. The van der Waals surface area contributed by atoms with E-state index in [1.54, 1.807) is 7.28 Å². The standard InChI is InChI=1S/C20H41BNO2/c1-5-6-7-8-9-10-11-12-13-14-15-16-17-18-19(22(2)3)21-20(23)24-4/h19H,5-18H2,1-4H3. The van der Waals surface area contributed by atoms with Crippen molar-refractivity contribution in [2.75, 3.05) is 21.2 Å². The van der Waals surface area contributed by atoms with Gasteiger partial charge in [-0.1, -0.05) is 90.4 Å². The van der Waals surface area contributed by atoms with Gasteiger partial charge in [-0.15, -0.1) is 0 Å². The molecule has 1 unspecified atom stereocenters. The maximum atomic E-state index is 11.4. The van der Waals surface area contributed by atoms with Crippen LogP contribution in [0.15, 0.2) is 0 Å². The fourth-order valence-corrected chi connectivity index (χ4v) is 3.09. The lowest BCUT2D eigenvalue weighted by Gasteiger charge is -2.22. The Morgan fingerprint density at radius 1 is 0.833 bits per heavy atom. The number of nitrogens with zero attached hydrogens (tertiary/aromatic N) is 1. The summed E-state index contributed by atoms with van der Waals surface area (Å²) < 4.78 is 4.73. The average molecular weight is 338 g/mol. The minimum atomic E-state index is -0.219. The Hall–Kier alpha value is -0.505. The van der Waals surface area contributed by atoms with Gasteiger partial charge in [0.25, 0.3) is 7.28 Å². The lowest BCUT2D eigenvalue weighted by Crippen LogP contribution is -2.37. The van der Waals surface area contributed by atoms with Crippen molar-refractivity contribution in [3.63, 3.8) is 0 Å². The first-order valence-corrected chi connectivity index (χ1v) is 10.2. The van der Waals surface area contributed by atoms with Crippen molar-refractivity contribution in [1.29, 1.82) is 0 Å². The van der Waals surface area contributed by atoms with Crippen LogP contribution in [0.25, 0.3) is 0 Å². The summed E-state index contributed by atoms with van der Waals surface area (Å²) in [6.07, 6.45) is 18.9. The Labute approximate surface area is 152 Å². The van der Waals surface area contributed by atoms with E-state index in [1.807, 2.05) is 14.1 Å². The largest absolute Gasteiger partial charge is 0.477 e. The minimum Gasteiger partial charge on any atom is -0.477 e. The van der Waals surface area contributed by atoms with Gasteiger partial charge in [0.05, 0.1) is 7.11 Å². The molecule has 0 rings (SSSR count). The second-order valence-corrected chi connectivity index (χ2v) is 7.25. The Bertz CT molecular complexity index is 285. The smallest absolute Gasteiger partial charge is 0.282 e. The first kappa shape index (κ1) is 23.5. The molecule has 1 radical (unpaired) electrons. The third kappa shape index (κ3) is 15.0. The van der Waals surface area contributed by atoms with Crippen molar-refractivity contribution in [1.82, 2.24) is 4.90 Å². The lowest BCUT2D eigenvalue weighted by molar-refractivity contribution is 0.196. The van der Waals surface area contributed by atoms with Crippen molar-refractivity contribution in [3.05, 3.63) is 0 Å². The molecule has 0 aliphatic heterocycles. The lowest BCUT2D eigenvalue weighted by atomic mass is 9.67. The van der Waals surface area contributed by atoms with Gasteiger partial charge in [-0.05, 0) is 26.5 Å². The van der Waals surface area contributed by atoms with E-state index >= 15 is 0 Å². The number of unbranched alkanes of at least 4 members (excludes halogenated alkanes) is 12. The molecular weight excluding hydrogens is 297 g/mol. The van der Waals surface area contributed by atoms with Gasteiger partial charge in [0.2, 0.25) is 5.87 Å². The molecule has 0 aliphatic rings. The summed E-state index contributed by atoms with van der Waals surface area (Å²) in [6.45, 7) is 2.28. The molecule has 0 aromatic heterocycles. The molecule has 0 N–H and O–H groups in total. The highest BCUT2D eigenvalue weighted by atomic mass is 16.5. The second kappa shape index (κ2) is 17.3. The molecule has 0 heterocycles. The summed E-state index contributed by atoms with van der Waals surface area (Å²) in [5.74, 6) is -0.0199. The van der Waals surface area contributed by atoms with Crippen LogP contribution in [-0.4, -0.2) is 45.2 Å². The van der Waals surface area contributed by atoms with E-state index in [1.165, 1.54) is 90.6 Å². The molecule has 0 saturated heterocycles. The van der Waals surface area contributed by atoms with Crippen LogP contribution in [-0.2, 0) is 4.74 Å². The Balaban J connectivity index is 3.38. The fourth-order valence-electron chi connectivity index (χ4n) is 3.09. The second-order valence-electron chi connectivity index (χ2n) is 7.25. The first-order chi connectivity index (χ1) is 11.6. The van der Waals surface area contributed by atoms with Crippen LogP contribution in [0.1, 0.15) is 96.8 Å². The third-order valence-electron chi connectivity index (χ3n) is 4.80. The molecule has 0 fully saturated rings. The summed E-state index contributed by atoms with van der Waals surface area (Å²) in [5, 5.41) is 0. The van der Waals surface area contributed by atoms with Crippen molar-refractivity contribution >= 4 is 13.1 Å². The van der Waals surface area contributed by atoms with Crippen LogP contribution in [0.5, 0.6) is 0 Å². The average Bonchev–Trinajstić information content (AvgIpc) is 2.57. The van der Waals surface area contributed by atoms with Crippen LogP contribution in [0, 0.1) is 0 Å². The third-order valence-corrected chi connectivity index (χ3v) is 4.80. The van der Waals surface area contributed by atoms with Crippen LogP contribution < -0.4 is 0 Å². The zero-order valence-corrected chi connectivity index (χ0v) is 16.8. The maximum absolute atomic E-state index is 11.4. The van der Waals surface area contributed by atoms with Gasteiger partial charge < -0.3 is 9.64 Å². The van der Waals surface area contributed by atoms with E-state index in [0.29, 0.717) is 0 Å². The van der Waals surface area contributed by atoms with Crippen molar-refractivity contribution < 1.29 is 9.53 Å². The minimum absolute atomic E-state index is 0.199. The van der Waals surface area contributed by atoms with Gasteiger partial charge in [0.15, 0.2) is 0 Å². The Kier molecular flexibility index (Phi) is 17.0. The summed E-state index contributed by atoms with van der Waals surface area (Å²) >= 11 is 0. The highest BCUT2D eigenvalue weighted by molar-refractivity contribution is 6.73. The molecular formula is C20H41BNO2. The van der Waals surface area contributed by atoms with E-state index in [2.05, 4.69) is 11.8 Å². The summed E-state index contributed by atoms with van der Waals surface area (Å²) in [4.78, 5) is 13.5. The van der Waals surface area contributed by atoms with E-state index in [0.717, 1.165) is 6.42 Å². The summed E-state index contributed by atoms with van der Waals surface area (Å²) in [7, 11) is 7.18. The first-order valence-electron chi connectivity index (χ1n) is 10.2. The SMILES string of the molecule is CCCCCCCCCCCCCCCC([B]C(=O)OC)N(C)C. The molecule has 0 aromatic carbocycles. The van der Waals surface area contributed by atoms with E-state index in [-0.39, 0.29) is 11.8 Å². The van der Waals surface area contributed by atoms with E-state index in [4.69, 9.17) is 4.74 Å². The van der Waals surface area contributed by atoms with Gasteiger partial charge in [-0.25, -0.2) is 0 Å². The van der Waals surface area contributed by atoms with Gasteiger partial charge in [-0.2, -0.15) is 0 Å². The van der Waals surface area contributed by atoms with E-state index < -0.39 is 0 Å². The topological polar surface area (TPSA) is 29.5 Å². The number of rotatable bonds is 17. The molecule has 0 aliphatic carbocycles. The normalized spacial score (nSPS) is 12.4. The molecule has 3 nitrogen and oxygen atoms in total. The molecule has 0 amide bonds. The Morgan fingerprint density at radius 2 is 1.25 bits per heavy atom. The van der Waals surface area contributed by atoms with Crippen LogP contribution in [0.2, 0.25) is 0 Å². The molecule has 1 atom stereocenters. The molecule has 0 spiro atoms.